The lowest BCUT2D eigenvalue weighted by Crippen LogP contribution is -2.47. The summed E-state index contributed by atoms with van der Waals surface area (Å²) in [7, 11) is -0.838. The maximum Gasteiger partial charge on any atom is 0.0696 e. The lowest BCUT2D eigenvalue weighted by molar-refractivity contribution is 0.381. The van der Waals surface area contributed by atoms with E-state index in [0.717, 1.165) is 40.0 Å². The van der Waals surface area contributed by atoms with Crippen molar-refractivity contribution in [2.24, 2.45) is 0 Å². The van der Waals surface area contributed by atoms with E-state index in [1.165, 1.54) is 0 Å². The summed E-state index contributed by atoms with van der Waals surface area (Å²) in [4.78, 5) is 0.687. The quantitative estimate of drug-likeness (QED) is 0.367. The van der Waals surface area contributed by atoms with Gasteiger partial charge in [0.15, 0.2) is 0 Å². The Labute approximate surface area is 176 Å². The van der Waals surface area contributed by atoms with Crippen LogP contribution in [0, 0.1) is 0 Å². The van der Waals surface area contributed by atoms with Crippen LogP contribution in [0.25, 0.3) is 5.57 Å². The first-order valence-corrected chi connectivity index (χ1v) is 11.3. The lowest BCUT2D eigenvalue weighted by Gasteiger charge is -2.41. The van der Waals surface area contributed by atoms with Crippen molar-refractivity contribution in [2.75, 3.05) is 13.6 Å². The summed E-state index contributed by atoms with van der Waals surface area (Å²) < 4.78 is 16.1. The molecule has 2 atom stereocenters. The van der Waals surface area contributed by atoms with Gasteiger partial charge in [-0.2, -0.15) is 0 Å². The van der Waals surface area contributed by atoms with Crippen molar-refractivity contribution in [1.29, 1.82) is 0 Å². The summed E-state index contributed by atoms with van der Waals surface area (Å²) in [5.74, 6) is 4.19. The van der Waals surface area contributed by atoms with Crippen molar-refractivity contribution < 1.29 is 4.21 Å². The molecule has 29 heavy (non-hydrogen) atoms. The molecule has 0 radical (unpaired) electrons. The highest BCUT2D eigenvalue weighted by atomic mass is 32.2. The highest BCUT2D eigenvalue weighted by molar-refractivity contribution is 7.98. The highest BCUT2D eigenvalue weighted by Gasteiger charge is 2.35. The Morgan fingerprint density at radius 2 is 1.97 bits per heavy atom. The Hall–Kier alpha value is -2.56. The molecule has 0 bridgehead atoms. The van der Waals surface area contributed by atoms with E-state index in [-0.39, 0.29) is 6.04 Å². The summed E-state index contributed by atoms with van der Waals surface area (Å²) in [5, 5.41) is 3.29. The minimum absolute atomic E-state index is 0.208. The van der Waals surface area contributed by atoms with Crippen molar-refractivity contribution in [3.05, 3.63) is 96.8 Å². The summed E-state index contributed by atoms with van der Waals surface area (Å²) >= 11 is 0. The molecule has 2 unspecified atom stereocenters. The van der Waals surface area contributed by atoms with Crippen LogP contribution >= 0.6 is 0 Å². The number of allylic oxidation sites excluding steroid dienone is 4. The zero-order valence-electron chi connectivity index (χ0n) is 17.8. The number of nitrogens with zero attached hydrogens (tertiary/aromatic N) is 1. The molecule has 0 amide bonds. The summed E-state index contributed by atoms with van der Waals surface area (Å²) in [5.41, 5.74) is 5.89. The van der Waals surface area contributed by atoms with Gasteiger partial charge in [-0.1, -0.05) is 67.8 Å². The number of nitrogens with one attached hydrogen (secondary N) is 1. The Morgan fingerprint density at radius 3 is 2.48 bits per heavy atom. The predicted octanol–water partition coefficient (Wildman–Crippen LogP) is 5.13. The van der Waals surface area contributed by atoms with Crippen LogP contribution in [-0.2, 0) is 9.71 Å². The number of hydrogen-bond acceptors (Lipinski definition) is 2. The van der Waals surface area contributed by atoms with Crippen LogP contribution in [-0.4, -0.2) is 34.0 Å². The third-order valence-corrected chi connectivity index (χ3v) is 7.27. The van der Waals surface area contributed by atoms with Crippen LogP contribution in [0.3, 0.4) is 0 Å². The third-order valence-electron chi connectivity index (χ3n) is 5.13. The van der Waals surface area contributed by atoms with Gasteiger partial charge in [0.1, 0.15) is 0 Å². The maximum atomic E-state index is 14.1. The molecule has 0 aromatic heterocycles. The van der Waals surface area contributed by atoms with E-state index >= 15 is 0 Å². The van der Waals surface area contributed by atoms with Gasteiger partial charge in [0.25, 0.3) is 0 Å². The van der Waals surface area contributed by atoms with Gasteiger partial charge >= 0.3 is 0 Å². The van der Waals surface area contributed by atoms with Crippen LogP contribution in [0.15, 0.2) is 96.1 Å². The molecule has 0 aliphatic carbocycles. The van der Waals surface area contributed by atoms with Crippen LogP contribution in [0.4, 0.5) is 0 Å². The van der Waals surface area contributed by atoms with Crippen molar-refractivity contribution in [3.8, 4) is 0 Å². The predicted molar refractivity (Wildman–Crippen MR) is 129 cm³/mol. The smallest absolute Gasteiger partial charge is 0.0696 e. The third kappa shape index (κ3) is 4.55. The minimum Gasteiger partial charge on any atom is -0.391 e. The van der Waals surface area contributed by atoms with Crippen molar-refractivity contribution >= 4 is 21.2 Å². The molecule has 2 rings (SSSR count). The minimum atomic E-state index is -2.75. The first kappa shape index (κ1) is 22.7. The van der Waals surface area contributed by atoms with Gasteiger partial charge in [-0.25, -0.2) is 8.51 Å². The van der Waals surface area contributed by atoms with E-state index in [2.05, 4.69) is 37.5 Å². The normalized spacial score (nSPS) is 20.0. The zero-order valence-corrected chi connectivity index (χ0v) is 18.6. The molecule has 0 spiro atoms. The number of rotatable bonds is 8. The average molecular weight is 409 g/mol. The van der Waals surface area contributed by atoms with E-state index in [1.807, 2.05) is 55.5 Å². The zero-order chi connectivity index (χ0) is 21.8. The Bertz CT molecular complexity index is 1010. The number of benzene rings is 1. The first-order chi connectivity index (χ1) is 13.7. The largest absolute Gasteiger partial charge is 0.391 e. The molecule has 4 heteroatoms. The Morgan fingerprint density at radius 1 is 1.28 bits per heavy atom. The summed E-state index contributed by atoms with van der Waals surface area (Å²) in [6, 6.07) is 7.48. The average Bonchev–Trinajstić information content (AvgIpc) is 2.70. The second-order valence-corrected chi connectivity index (χ2v) is 9.51. The lowest BCUT2D eigenvalue weighted by atomic mass is 9.90. The van der Waals surface area contributed by atoms with Gasteiger partial charge in [-0.3, -0.25) is 0 Å². The van der Waals surface area contributed by atoms with Crippen molar-refractivity contribution in [2.45, 2.75) is 31.2 Å². The molecule has 0 saturated carbocycles. The van der Waals surface area contributed by atoms with Gasteiger partial charge < -0.3 is 5.32 Å². The van der Waals surface area contributed by atoms with Gasteiger partial charge in [-0.05, 0) is 48.6 Å². The Kier molecular flexibility index (Phi) is 7.28. The van der Waals surface area contributed by atoms with E-state index < -0.39 is 9.71 Å². The fourth-order valence-electron chi connectivity index (χ4n) is 3.77. The van der Waals surface area contributed by atoms with Gasteiger partial charge in [0.05, 0.1) is 15.7 Å². The molecule has 1 N–H and O–H groups in total. The summed E-state index contributed by atoms with van der Waals surface area (Å²) in [6.07, 6.45) is 6.12. The molecule has 3 nitrogen and oxygen atoms in total. The highest BCUT2D eigenvalue weighted by Crippen LogP contribution is 2.35. The molecule has 1 aliphatic rings. The summed E-state index contributed by atoms with van der Waals surface area (Å²) in [6.45, 7) is 20.5. The fourth-order valence-corrected chi connectivity index (χ4v) is 5.66. The van der Waals surface area contributed by atoms with E-state index in [1.54, 1.807) is 12.2 Å². The van der Waals surface area contributed by atoms with Crippen LogP contribution in [0.5, 0.6) is 0 Å². The first-order valence-electron chi connectivity index (χ1n) is 9.60. The molecule has 1 aromatic rings. The van der Waals surface area contributed by atoms with Crippen LogP contribution in [0.1, 0.15) is 25.8 Å². The van der Waals surface area contributed by atoms with Crippen molar-refractivity contribution in [1.82, 2.24) is 9.62 Å². The molecule has 0 saturated heterocycles. The van der Waals surface area contributed by atoms with Crippen LogP contribution in [0.2, 0.25) is 0 Å². The van der Waals surface area contributed by atoms with Gasteiger partial charge in [0, 0.05) is 30.6 Å². The standard InChI is InChI=1S/C25H32N2OS/c1-9-12-20(10-2)21-13-11-14-22(17-21)29(8,28)27-16-15-23(26-7)24(18(3)4)25(27)19(5)6/h9-14,17,25-26H,1-3,5,8,15-16H2,4,6-7H3/b20-12+. The maximum absolute atomic E-state index is 14.1. The second-order valence-electron chi connectivity index (χ2n) is 7.29. The SMILES string of the molecule is C=C/C=C(\C=C)c1cccc(S(=C)(=O)N2CCC(NC)=C(C(=C)C)C2C(=C)C)c1. The molecule has 154 valence electrons. The van der Waals surface area contributed by atoms with Crippen molar-refractivity contribution in [3.63, 3.8) is 0 Å². The van der Waals surface area contributed by atoms with Gasteiger partial charge in [0.2, 0.25) is 0 Å². The molecule has 1 aromatic carbocycles. The van der Waals surface area contributed by atoms with Gasteiger partial charge in [-0.15, -0.1) is 0 Å². The topological polar surface area (TPSA) is 32.3 Å². The van der Waals surface area contributed by atoms with E-state index in [0.29, 0.717) is 11.4 Å². The molecular weight excluding hydrogens is 376 g/mol. The Balaban J connectivity index is 2.61. The molecular formula is C25H32N2OS. The monoisotopic (exact) mass is 408 g/mol. The number of hydrogen-bond donors (Lipinski definition) is 1. The molecule has 0 fully saturated rings. The van der Waals surface area contributed by atoms with E-state index in [9.17, 15) is 4.21 Å². The molecule has 1 heterocycles. The second kappa shape index (κ2) is 9.29. The molecule has 1 aliphatic heterocycles. The fraction of sp³-hybridized carbons (Fsp3) is 0.240. The van der Waals surface area contributed by atoms with Crippen LogP contribution < -0.4 is 5.32 Å². The van der Waals surface area contributed by atoms with E-state index in [4.69, 9.17) is 0 Å².